The van der Waals surface area contributed by atoms with Crippen LogP contribution in [0.25, 0.3) is 0 Å². The Hall–Kier alpha value is -0.340. The van der Waals surface area contributed by atoms with Crippen LogP contribution in [0.5, 0.6) is 5.75 Å². The van der Waals surface area contributed by atoms with Crippen LogP contribution in [0.4, 0.5) is 0 Å². The molecule has 0 N–H and O–H groups in total. The minimum Gasteiger partial charge on any atom is -0.493 e. The van der Waals surface area contributed by atoms with Crippen molar-refractivity contribution in [3.8, 4) is 5.75 Å². The molecule has 0 unspecified atom stereocenters. The van der Waals surface area contributed by atoms with Crippen LogP contribution in [0.3, 0.4) is 0 Å². The van der Waals surface area contributed by atoms with E-state index in [1.807, 2.05) is 11.8 Å². The van der Waals surface area contributed by atoms with Gasteiger partial charge in [-0.2, -0.15) is 11.8 Å². The van der Waals surface area contributed by atoms with E-state index in [1.165, 1.54) is 11.1 Å². The zero-order chi connectivity index (χ0) is 12.0. The molecule has 0 saturated heterocycles. The molecule has 0 spiro atoms. The molecule has 90 valence electrons. The van der Waals surface area contributed by atoms with Crippen molar-refractivity contribution in [2.24, 2.45) is 0 Å². The molecule has 0 aromatic heterocycles. The predicted molar refractivity (Wildman–Crippen MR) is 74.0 cm³/mol. The topological polar surface area (TPSA) is 9.23 Å². The Kier molecular flexibility index (Phi) is 6.07. The molecule has 0 aliphatic heterocycles. The molecule has 0 amide bonds. The van der Waals surface area contributed by atoms with Crippen molar-refractivity contribution in [1.82, 2.24) is 0 Å². The van der Waals surface area contributed by atoms with Crippen LogP contribution >= 0.6 is 23.4 Å². The van der Waals surface area contributed by atoms with Gasteiger partial charge in [0.15, 0.2) is 0 Å². The number of halogens is 1. The molecule has 16 heavy (non-hydrogen) atoms. The van der Waals surface area contributed by atoms with E-state index in [4.69, 9.17) is 16.3 Å². The lowest BCUT2D eigenvalue weighted by Crippen LogP contribution is -2.02. The number of ether oxygens (including phenoxy) is 1. The van der Waals surface area contributed by atoms with Crippen molar-refractivity contribution in [2.45, 2.75) is 26.1 Å². The largest absolute Gasteiger partial charge is 0.493 e. The van der Waals surface area contributed by atoms with Gasteiger partial charge < -0.3 is 4.74 Å². The summed E-state index contributed by atoms with van der Waals surface area (Å²) in [5.41, 5.74) is 3.52. The van der Waals surface area contributed by atoms with E-state index in [1.54, 1.807) is 0 Å². The molecule has 0 atom stereocenters. The molecule has 0 aliphatic carbocycles. The quantitative estimate of drug-likeness (QED) is 0.559. The van der Waals surface area contributed by atoms with Crippen molar-refractivity contribution >= 4 is 23.4 Å². The molecule has 1 nitrogen and oxygen atoms in total. The summed E-state index contributed by atoms with van der Waals surface area (Å²) in [6, 6.07) is 4.20. The Labute approximate surface area is 108 Å². The van der Waals surface area contributed by atoms with Crippen molar-refractivity contribution in [1.29, 1.82) is 0 Å². The average Bonchev–Trinajstić information content (AvgIpc) is 2.26. The van der Waals surface area contributed by atoms with Gasteiger partial charge in [0.1, 0.15) is 5.75 Å². The Morgan fingerprint density at radius 3 is 2.38 bits per heavy atom. The molecule has 0 heterocycles. The van der Waals surface area contributed by atoms with Crippen LogP contribution in [-0.2, 0) is 5.88 Å². The van der Waals surface area contributed by atoms with Gasteiger partial charge in [-0.1, -0.05) is 12.1 Å². The van der Waals surface area contributed by atoms with Gasteiger partial charge in [-0.15, -0.1) is 11.6 Å². The Balaban J connectivity index is 2.65. The lowest BCUT2D eigenvalue weighted by atomic mass is 10.1. The molecular formula is C13H19ClOS. The van der Waals surface area contributed by atoms with Crippen molar-refractivity contribution in [3.63, 3.8) is 0 Å². The summed E-state index contributed by atoms with van der Waals surface area (Å²) in [6.45, 7) is 4.95. The highest BCUT2D eigenvalue weighted by molar-refractivity contribution is 7.98. The third kappa shape index (κ3) is 3.91. The SMILES string of the molecule is CSCCCOc1c(C)cc(CCl)cc1C. The highest BCUT2D eigenvalue weighted by atomic mass is 35.5. The number of thioether (sulfide) groups is 1. The molecule has 1 rings (SSSR count). The Morgan fingerprint density at radius 2 is 1.88 bits per heavy atom. The van der Waals surface area contributed by atoms with E-state index < -0.39 is 0 Å². The van der Waals surface area contributed by atoms with Crippen LogP contribution in [0.1, 0.15) is 23.1 Å². The highest BCUT2D eigenvalue weighted by Crippen LogP contribution is 2.25. The third-order valence-electron chi connectivity index (χ3n) is 2.41. The fourth-order valence-corrected chi connectivity index (χ4v) is 2.28. The van der Waals surface area contributed by atoms with Crippen LogP contribution in [0.2, 0.25) is 0 Å². The summed E-state index contributed by atoms with van der Waals surface area (Å²) in [6.07, 6.45) is 3.21. The van der Waals surface area contributed by atoms with Crippen molar-refractivity contribution in [2.75, 3.05) is 18.6 Å². The molecule has 0 bridgehead atoms. The van der Waals surface area contributed by atoms with Crippen LogP contribution in [0, 0.1) is 13.8 Å². The first kappa shape index (κ1) is 13.7. The first-order chi connectivity index (χ1) is 7.69. The van der Waals surface area contributed by atoms with E-state index in [-0.39, 0.29) is 0 Å². The van der Waals surface area contributed by atoms with Gasteiger partial charge in [0.2, 0.25) is 0 Å². The van der Waals surface area contributed by atoms with Gasteiger partial charge in [0, 0.05) is 5.88 Å². The maximum Gasteiger partial charge on any atom is 0.125 e. The second-order valence-corrected chi connectivity index (χ2v) is 5.14. The Bertz CT molecular complexity index is 316. The molecule has 1 aromatic rings. The standard InChI is InChI=1S/C13H19ClOS/c1-10-7-12(9-14)8-11(2)13(10)15-5-4-6-16-3/h7-8H,4-6,9H2,1-3H3. The molecule has 0 aliphatic rings. The summed E-state index contributed by atoms with van der Waals surface area (Å²) in [5.74, 6) is 2.74. The van der Waals surface area contributed by atoms with Gasteiger partial charge in [0.25, 0.3) is 0 Å². The predicted octanol–water partition coefficient (Wildman–Crippen LogP) is 4.17. The van der Waals surface area contributed by atoms with Crippen molar-refractivity contribution < 1.29 is 4.74 Å². The first-order valence-electron chi connectivity index (χ1n) is 5.47. The summed E-state index contributed by atoms with van der Waals surface area (Å²) < 4.78 is 5.81. The van der Waals surface area contributed by atoms with Crippen LogP contribution < -0.4 is 4.74 Å². The molecular weight excluding hydrogens is 240 g/mol. The van der Waals surface area contributed by atoms with E-state index in [0.29, 0.717) is 5.88 Å². The number of hydrogen-bond acceptors (Lipinski definition) is 2. The van der Waals surface area contributed by atoms with E-state index >= 15 is 0 Å². The summed E-state index contributed by atoms with van der Waals surface area (Å²) in [7, 11) is 0. The van der Waals surface area contributed by atoms with Gasteiger partial charge in [0.05, 0.1) is 6.61 Å². The second-order valence-electron chi connectivity index (χ2n) is 3.89. The minimum absolute atomic E-state index is 0.564. The van der Waals surface area contributed by atoms with Crippen molar-refractivity contribution in [3.05, 3.63) is 28.8 Å². The zero-order valence-electron chi connectivity index (χ0n) is 10.2. The van der Waals surface area contributed by atoms with E-state index in [2.05, 4.69) is 32.2 Å². The van der Waals surface area contributed by atoms with Gasteiger partial charge in [-0.3, -0.25) is 0 Å². The summed E-state index contributed by atoms with van der Waals surface area (Å²) in [4.78, 5) is 0. The molecule has 3 heteroatoms. The maximum atomic E-state index is 5.83. The second kappa shape index (κ2) is 7.08. The number of aryl methyl sites for hydroxylation is 2. The summed E-state index contributed by atoms with van der Waals surface area (Å²) in [5, 5.41) is 0. The lowest BCUT2D eigenvalue weighted by Gasteiger charge is -2.13. The van der Waals surface area contributed by atoms with E-state index in [0.717, 1.165) is 30.1 Å². The van der Waals surface area contributed by atoms with Gasteiger partial charge in [-0.25, -0.2) is 0 Å². The molecule has 0 fully saturated rings. The highest BCUT2D eigenvalue weighted by Gasteiger charge is 2.05. The molecule has 0 radical (unpaired) electrons. The first-order valence-corrected chi connectivity index (χ1v) is 7.39. The van der Waals surface area contributed by atoms with Gasteiger partial charge >= 0.3 is 0 Å². The number of rotatable bonds is 6. The number of alkyl halides is 1. The number of benzene rings is 1. The van der Waals surface area contributed by atoms with Crippen LogP contribution in [0.15, 0.2) is 12.1 Å². The molecule has 0 saturated carbocycles. The summed E-state index contributed by atoms with van der Waals surface area (Å²) >= 11 is 7.68. The number of hydrogen-bond donors (Lipinski definition) is 0. The average molecular weight is 259 g/mol. The monoisotopic (exact) mass is 258 g/mol. The zero-order valence-corrected chi connectivity index (χ0v) is 11.8. The fourth-order valence-electron chi connectivity index (χ4n) is 1.72. The fraction of sp³-hybridized carbons (Fsp3) is 0.538. The molecule has 1 aromatic carbocycles. The lowest BCUT2D eigenvalue weighted by molar-refractivity contribution is 0.314. The van der Waals surface area contributed by atoms with E-state index in [9.17, 15) is 0 Å². The van der Waals surface area contributed by atoms with Gasteiger partial charge in [-0.05, 0) is 49.0 Å². The third-order valence-corrected chi connectivity index (χ3v) is 3.42. The minimum atomic E-state index is 0.564. The Morgan fingerprint density at radius 1 is 1.25 bits per heavy atom. The smallest absolute Gasteiger partial charge is 0.125 e. The van der Waals surface area contributed by atoms with Crippen LogP contribution in [-0.4, -0.2) is 18.6 Å². The normalized spacial score (nSPS) is 10.5. The maximum absolute atomic E-state index is 5.83.